The summed E-state index contributed by atoms with van der Waals surface area (Å²) in [7, 11) is 0. The van der Waals surface area contributed by atoms with Crippen molar-refractivity contribution in [1.82, 2.24) is 9.59 Å². The zero-order chi connectivity index (χ0) is 15.0. The molecule has 3 nitrogen and oxygen atoms in total. The van der Waals surface area contributed by atoms with Crippen LogP contribution in [0.2, 0.25) is 0 Å². The molecule has 0 amide bonds. The Morgan fingerprint density at radius 3 is 2.48 bits per heavy atom. The minimum absolute atomic E-state index is 0.125. The largest absolute Gasteiger partial charge is 0.383 e. The van der Waals surface area contributed by atoms with Gasteiger partial charge in [0.25, 0.3) is 0 Å². The van der Waals surface area contributed by atoms with Crippen LogP contribution >= 0.6 is 11.5 Å². The Morgan fingerprint density at radius 1 is 1.05 bits per heavy atom. The van der Waals surface area contributed by atoms with Crippen LogP contribution in [0.3, 0.4) is 0 Å². The lowest BCUT2D eigenvalue weighted by atomic mass is 9.89. The summed E-state index contributed by atoms with van der Waals surface area (Å²) in [4.78, 5) is 0.831. The fourth-order valence-corrected chi connectivity index (χ4v) is 3.31. The van der Waals surface area contributed by atoms with E-state index < -0.39 is 6.10 Å². The molecule has 1 unspecified atom stereocenters. The van der Waals surface area contributed by atoms with Gasteiger partial charge in [0.05, 0.1) is 10.6 Å². The first-order valence-corrected chi connectivity index (χ1v) is 7.73. The minimum atomic E-state index is -0.677. The summed E-state index contributed by atoms with van der Waals surface area (Å²) >= 11 is 1.27. The Hall–Kier alpha value is -1.78. The summed E-state index contributed by atoms with van der Waals surface area (Å²) in [6, 6.07) is 14.2. The summed E-state index contributed by atoms with van der Waals surface area (Å²) in [6.45, 7) is 6.25. The molecule has 0 saturated heterocycles. The van der Waals surface area contributed by atoms with Crippen LogP contribution in [0.4, 0.5) is 0 Å². The first-order chi connectivity index (χ1) is 9.97. The number of aliphatic hydroxyl groups excluding tert-OH is 1. The van der Waals surface area contributed by atoms with Crippen molar-refractivity contribution in [2.75, 3.05) is 0 Å². The summed E-state index contributed by atoms with van der Waals surface area (Å²) in [5, 5.41) is 17.2. The average Bonchev–Trinajstić information content (AvgIpc) is 2.95. The van der Waals surface area contributed by atoms with E-state index in [1.165, 1.54) is 16.9 Å². The van der Waals surface area contributed by atoms with Gasteiger partial charge < -0.3 is 5.11 Å². The Kier molecular flexibility index (Phi) is 3.51. The van der Waals surface area contributed by atoms with E-state index in [2.05, 4.69) is 42.5 Å². The fraction of sp³-hybridized carbons (Fsp3) is 0.294. The molecule has 21 heavy (non-hydrogen) atoms. The standard InChI is InChI=1S/C17H18N2OS/c1-17(2,3)16-15(21-19-18-16)14(20)13-9-8-11-6-4-5-7-12(11)10-13/h4-10,14,20H,1-3H3. The van der Waals surface area contributed by atoms with Crippen LogP contribution in [0.1, 0.15) is 43.0 Å². The molecule has 0 aliphatic rings. The van der Waals surface area contributed by atoms with Crippen LogP contribution in [-0.2, 0) is 5.41 Å². The summed E-state index contributed by atoms with van der Waals surface area (Å²) < 4.78 is 4.03. The molecule has 1 heterocycles. The lowest BCUT2D eigenvalue weighted by molar-refractivity contribution is 0.221. The molecular weight excluding hydrogens is 280 g/mol. The molecule has 0 fully saturated rings. The molecule has 0 spiro atoms. The van der Waals surface area contributed by atoms with Crippen LogP contribution in [0, 0.1) is 0 Å². The number of aromatic nitrogens is 2. The molecule has 3 aromatic rings. The predicted molar refractivity (Wildman–Crippen MR) is 86.6 cm³/mol. The van der Waals surface area contributed by atoms with Gasteiger partial charge in [0.15, 0.2) is 0 Å². The predicted octanol–water partition coefficient (Wildman–Crippen LogP) is 4.07. The lowest BCUT2D eigenvalue weighted by Crippen LogP contribution is -2.16. The van der Waals surface area contributed by atoms with E-state index in [9.17, 15) is 5.11 Å². The van der Waals surface area contributed by atoms with Crippen molar-refractivity contribution in [2.24, 2.45) is 0 Å². The summed E-state index contributed by atoms with van der Waals surface area (Å²) in [6.07, 6.45) is -0.677. The first-order valence-electron chi connectivity index (χ1n) is 6.96. The molecule has 1 atom stereocenters. The topological polar surface area (TPSA) is 46.0 Å². The number of rotatable bonds is 2. The number of hydrogen-bond donors (Lipinski definition) is 1. The van der Waals surface area contributed by atoms with Crippen LogP contribution < -0.4 is 0 Å². The number of hydrogen-bond acceptors (Lipinski definition) is 4. The van der Waals surface area contributed by atoms with E-state index in [1.54, 1.807) is 0 Å². The summed E-state index contributed by atoms with van der Waals surface area (Å²) in [5.41, 5.74) is 1.62. The van der Waals surface area contributed by atoms with E-state index in [0.717, 1.165) is 21.5 Å². The third-order valence-electron chi connectivity index (χ3n) is 3.56. The van der Waals surface area contributed by atoms with Gasteiger partial charge in [-0.3, -0.25) is 0 Å². The second kappa shape index (κ2) is 5.20. The smallest absolute Gasteiger partial charge is 0.117 e. The molecule has 0 bridgehead atoms. The van der Waals surface area contributed by atoms with Crippen molar-refractivity contribution in [3.8, 4) is 0 Å². The van der Waals surface area contributed by atoms with Gasteiger partial charge in [-0.1, -0.05) is 61.7 Å². The maximum Gasteiger partial charge on any atom is 0.117 e. The third-order valence-corrected chi connectivity index (χ3v) is 4.34. The van der Waals surface area contributed by atoms with Gasteiger partial charge in [-0.2, -0.15) is 0 Å². The van der Waals surface area contributed by atoms with Crippen molar-refractivity contribution in [2.45, 2.75) is 32.3 Å². The number of aliphatic hydroxyl groups is 1. The fourth-order valence-electron chi connectivity index (χ4n) is 2.43. The first kappa shape index (κ1) is 14.2. The number of benzene rings is 2. The van der Waals surface area contributed by atoms with Crippen LogP contribution in [0.25, 0.3) is 10.8 Å². The SMILES string of the molecule is CC(C)(C)c1nnsc1C(O)c1ccc2ccccc2c1. The Balaban J connectivity index is 2.04. The maximum atomic E-state index is 10.7. The number of fused-ring (bicyclic) bond motifs is 1. The minimum Gasteiger partial charge on any atom is -0.383 e. The van der Waals surface area contributed by atoms with Crippen LogP contribution in [0.5, 0.6) is 0 Å². The molecule has 4 heteroatoms. The van der Waals surface area contributed by atoms with Crippen molar-refractivity contribution in [3.63, 3.8) is 0 Å². The summed E-state index contributed by atoms with van der Waals surface area (Å²) in [5.74, 6) is 0. The highest BCUT2D eigenvalue weighted by molar-refractivity contribution is 7.05. The molecule has 1 N–H and O–H groups in total. The molecule has 0 saturated carbocycles. The van der Waals surface area contributed by atoms with E-state index in [0.29, 0.717) is 0 Å². The zero-order valence-electron chi connectivity index (χ0n) is 12.4. The van der Waals surface area contributed by atoms with Gasteiger partial charge in [0, 0.05) is 5.41 Å². The highest BCUT2D eigenvalue weighted by Crippen LogP contribution is 2.34. The molecule has 1 aromatic heterocycles. The molecule has 0 radical (unpaired) electrons. The van der Waals surface area contributed by atoms with Gasteiger partial charge >= 0.3 is 0 Å². The molecule has 0 aliphatic carbocycles. The van der Waals surface area contributed by atoms with E-state index in [-0.39, 0.29) is 5.41 Å². The van der Waals surface area contributed by atoms with Crippen molar-refractivity contribution >= 4 is 22.3 Å². The van der Waals surface area contributed by atoms with E-state index >= 15 is 0 Å². The van der Waals surface area contributed by atoms with Gasteiger partial charge in [-0.05, 0) is 33.9 Å². The van der Waals surface area contributed by atoms with Gasteiger partial charge in [0.2, 0.25) is 0 Å². The van der Waals surface area contributed by atoms with E-state index in [4.69, 9.17) is 0 Å². The molecule has 2 aromatic carbocycles. The molecule has 108 valence electrons. The van der Waals surface area contributed by atoms with Crippen molar-refractivity contribution in [3.05, 3.63) is 58.6 Å². The van der Waals surface area contributed by atoms with Gasteiger partial charge in [0.1, 0.15) is 6.10 Å². The number of nitrogens with zero attached hydrogens (tertiary/aromatic N) is 2. The molecule has 0 aliphatic heterocycles. The normalized spacial score (nSPS) is 13.5. The highest BCUT2D eigenvalue weighted by Gasteiger charge is 2.27. The van der Waals surface area contributed by atoms with Crippen LogP contribution in [-0.4, -0.2) is 14.7 Å². The Labute approximate surface area is 128 Å². The highest BCUT2D eigenvalue weighted by atomic mass is 32.1. The van der Waals surface area contributed by atoms with Crippen molar-refractivity contribution in [1.29, 1.82) is 0 Å². The van der Waals surface area contributed by atoms with Gasteiger partial charge in [-0.15, -0.1) is 5.10 Å². The second-order valence-electron chi connectivity index (χ2n) is 6.24. The second-order valence-corrected chi connectivity index (χ2v) is 7.03. The van der Waals surface area contributed by atoms with Gasteiger partial charge in [-0.25, -0.2) is 0 Å². The quantitative estimate of drug-likeness (QED) is 0.775. The average molecular weight is 298 g/mol. The lowest BCUT2D eigenvalue weighted by Gasteiger charge is -2.19. The van der Waals surface area contributed by atoms with E-state index in [1.807, 2.05) is 30.3 Å². The third kappa shape index (κ3) is 2.69. The monoisotopic (exact) mass is 298 g/mol. The zero-order valence-corrected chi connectivity index (χ0v) is 13.2. The maximum absolute atomic E-state index is 10.7. The Bertz CT molecular complexity index is 774. The van der Waals surface area contributed by atoms with Crippen molar-refractivity contribution < 1.29 is 5.11 Å². The van der Waals surface area contributed by atoms with Crippen LogP contribution in [0.15, 0.2) is 42.5 Å². The Morgan fingerprint density at radius 2 is 1.76 bits per heavy atom. The molecular formula is C17H18N2OS. The molecule has 3 rings (SSSR count).